The molecule has 2 aliphatic carbocycles. The largest absolute Gasteiger partial charge is 0.297 e. The third-order valence-electron chi connectivity index (χ3n) is 10.5. The number of ketones is 1. The van der Waals surface area contributed by atoms with Gasteiger partial charge in [0.1, 0.15) is 11.5 Å². The van der Waals surface area contributed by atoms with Gasteiger partial charge in [-0.05, 0) is 59.4 Å². The van der Waals surface area contributed by atoms with Gasteiger partial charge in [0.05, 0.1) is 33.7 Å². The average molecular weight is 649 g/mol. The van der Waals surface area contributed by atoms with Gasteiger partial charge in [0.25, 0.3) is 5.69 Å². The summed E-state index contributed by atoms with van der Waals surface area (Å²) in [5, 5.41) is 12.2. The van der Waals surface area contributed by atoms with Crippen LogP contribution in [0.5, 0.6) is 0 Å². The van der Waals surface area contributed by atoms with Gasteiger partial charge in [0, 0.05) is 0 Å². The second-order valence-corrected chi connectivity index (χ2v) is 13.0. The van der Waals surface area contributed by atoms with Crippen LogP contribution in [0, 0.1) is 41.6 Å². The highest BCUT2D eigenvalue weighted by Gasteiger charge is 2.83. The molecular weight excluding hydrogens is 619 g/mol. The van der Waals surface area contributed by atoms with E-state index in [1.165, 1.54) is 0 Å². The Hall–Kier alpha value is -6.02. The first kappa shape index (κ1) is 30.3. The molecular formula is C41H29FN2O5. The van der Waals surface area contributed by atoms with Crippen molar-refractivity contribution in [1.29, 1.82) is 0 Å². The number of nitro groups is 1. The fourth-order valence-corrected chi connectivity index (χ4v) is 8.63. The van der Waals surface area contributed by atoms with E-state index < -0.39 is 50.9 Å². The minimum absolute atomic E-state index is 0.298. The molecule has 8 heteroatoms. The lowest BCUT2D eigenvalue weighted by Gasteiger charge is -2.39. The van der Waals surface area contributed by atoms with Gasteiger partial charge < -0.3 is 0 Å². The molecule has 1 saturated heterocycles. The summed E-state index contributed by atoms with van der Waals surface area (Å²) in [6, 6.07) is 36.4. The number of benzene rings is 5. The first-order chi connectivity index (χ1) is 23.6. The van der Waals surface area contributed by atoms with E-state index in [0.717, 1.165) is 39.3 Å². The molecule has 5 aromatic rings. The Kier molecular flexibility index (Phi) is 6.65. The average Bonchev–Trinajstić information content (AvgIpc) is 3.62. The lowest BCUT2D eigenvalue weighted by atomic mass is 9.59. The molecule has 4 atom stereocenters. The Bertz CT molecular complexity index is 2120. The second-order valence-electron chi connectivity index (χ2n) is 13.0. The van der Waals surface area contributed by atoms with Crippen LogP contribution in [0.4, 0.5) is 15.8 Å². The Labute approximate surface area is 281 Å². The molecule has 3 aliphatic rings. The molecule has 49 heavy (non-hydrogen) atoms. The summed E-state index contributed by atoms with van der Waals surface area (Å²) in [5.74, 6) is -5.18. The molecule has 2 bridgehead atoms. The summed E-state index contributed by atoms with van der Waals surface area (Å²) >= 11 is 0. The van der Waals surface area contributed by atoms with E-state index >= 15 is 14.4 Å². The molecule has 2 amide bonds. The number of Topliss-reactive ketones (excluding diaryl/α,β-unsaturated/α-hetero) is 1. The zero-order valence-electron chi connectivity index (χ0n) is 26.6. The van der Waals surface area contributed by atoms with Gasteiger partial charge in [-0.15, -0.1) is 0 Å². The monoisotopic (exact) mass is 648 g/mol. The molecule has 8 rings (SSSR count). The number of carbonyl (C=O) groups is 3. The van der Waals surface area contributed by atoms with E-state index in [4.69, 9.17) is 0 Å². The predicted octanol–water partition coefficient (Wildman–Crippen LogP) is 7.54. The van der Waals surface area contributed by atoms with Crippen molar-refractivity contribution in [3.8, 4) is 0 Å². The summed E-state index contributed by atoms with van der Waals surface area (Å²) in [4.78, 5) is 58.3. The summed E-state index contributed by atoms with van der Waals surface area (Å²) < 4.78 is 14.4. The molecule has 0 N–H and O–H groups in total. The van der Waals surface area contributed by atoms with Gasteiger partial charge in [0.15, 0.2) is 5.78 Å². The molecule has 0 radical (unpaired) electrons. The van der Waals surface area contributed by atoms with Crippen LogP contribution in [0.1, 0.15) is 33.4 Å². The maximum absolute atomic E-state index is 16.0. The second kappa shape index (κ2) is 10.8. The van der Waals surface area contributed by atoms with Crippen LogP contribution in [0.3, 0.4) is 0 Å². The lowest BCUT2D eigenvalue weighted by molar-refractivity contribution is -0.384. The third kappa shape index (κ3) is 3.91. The zero-order valence-corrected chi connectivity index (χ0v) is 26.6. The van der Waals surface area contributed by atoms with Gasteiger partial charge >= 0.3 is 0 Å². The summed E-state index contributed by atoms with van der Waals surface area (Å²) in [7, 11) is 0. The highest BCUT2D eigenvalue weighted by Crippen LogP contribution is 2.74. The number of rotatable bonds is 6. The van der Waals surface area contributed by atoms with E-state index in [1.807, 2.05) is 98.8 Å². The van der Waals surface area contributed by atoms with Crippen molar-refractivity contribution < 1.29 is 23.7 Å². The number of imide groups is 1. The fraction of sp³-hybridized carbons (Fsp3) is 0.146. The predicted molar refractivity (Wildman–Crippen MR) is 183 cm³/mol. The fourth-order valence-electron chi connectivity index (χ4n) is 8.63. The number of hydrogen-bond acceptors (Lipinski definition) is 5. The number of nitro benzene ring substituents is 1. The van der Waals surface area contributed by atoms with E-state index in [0.29, 0.717) is 28.3 Å². The third-order valence-corrected chi connectivity index (χ3v) is 10.5. The van der Waals surface area contributed by atoms with Crippen LogP contribution in [-0.2, 0) is 25.2 Å². The van der Waals surface area contributed by atoms with Crippen LogP contribution < -0.4 is 4.90 Å². The molecule has 0 unspecified atom stereocenters. The van der Waals surface area contributed by atoms with E-state index in [9.17, 15) is 14.5 Å². The summed E-state index contributed by atoms with van der Waals surface area (Å²) in [6.07, 6.45) is 0. The van der Waals surface area contributed by atoms with Gasteiger partial charge in [-0.1, -0.05) is 120 Å². The number of hydrogen-bond donors (Lipinski definition) is 0. The zero-order chi connectivity index (χ0) is 34.2. The van der Waals surface area contributed by atoms with Crippen molar-refractivity contribution in [2.45, 2.75) is 24.7 Å². The first-order valence-corrected chi connectivity index (χ1v) is 16.0. The van der Waals surface area contributed by atoms with Crippen molar-refractivity contribution in [1.82, 2.24) is 0 Å². The summed E-state index contributed by atoms with van der Waals surface area (Å²) in [5.41, 5.74) is 1.41. The van der Waals surface area contributed by atoms with Crippen LogP contribution in [0.25, 0.3) is 11.1 Å². The molecule has 1 aliphatic heterocycles. The molecule has 7 nitrogen and oxygen atoms in total. The van der Waals surface area contributed by atoms with Crippen molar-refractivity contribution in [3.05, 3.63) is 177 Å². The highest BCUT2D eigenvalue weighted by molar-refractivity contribution is 6.39. The van der Waals surface area contributed by atoms with Crippen LogP contribution in [0.15, 0.2) is 127 Å². The highest BCUT2D eigenvalue weighted by atomic mass is 19.1. The standard InChI is InChI=1S/C41H29FN2O5/c1-24-13-17-26(18-14-24)33-34(27-19-15-25(2)16-20-27)41(29-11-7-4-8-12-29)36-35(40(33,39(41)47)28-9-5-3-6-10-28)37(45)43(38(36)46)31-22-21-30(42)23-32(31)44(48)49/h3-23,35-36H,1-2H3/t35-,36+,40-,41-/m1/s1. The number of amides is 2. The van der Waals surface area contributed by atoms with Crippen LogP contribution in [-0.4, -0.2) is 22.5 Å². The van der Waals surface area contributed by atoms with Crippen molar-refractivity contribution in [3.63, 3.8) is 0 Å². The Morgan fingerprint density at radius 1 is 0.633 bits per heavy atom. The van der Waals surface area contributed by atoms with Crippen molar-refractivity contribution in [2.24, 2.45) is 11.8 Å². The number of halogens is 1. The Morgan fingerprint density at radius 2 is 1.06 bits per heavy atom. The summed E-state index contributed by atoms with van der Waals surface area (Å²) in [6.45, 7) is 3.93. The Morgan fingerprint density at radius 3 is 1.47 bits per heavy atom. The van der Waals surface area contributed by atoms with E-state index in [1.54, 1.807) is 24.3 Å². The van der Waals surface area contributed by atoms with E-state index in [2.05, 4.69) is 0 Å². The SMILES string of the molecule is Cc1ccc(C2=C(c3ccc(C)cc3)[C@@]3(c4ccccc4)C(=O)[C@@]2(c2ccccc2)[C@@H]2C(=O)N(c4ccc(F)cc4[N+](=O)[O-])C(=O)[C@@H]23)cc1. The number of nitrogens with zero attached hydrogens (tertiary/aromatic N) is 2. The normalized spacial score (nSPS) is 24.1. The topological polar surface area (TPSA) is 97.6 Å². The first-order valence-electron chi connectivity index (χ1n) is 16.0. The number of carbonyl (C=O) groups excluding carboxylic acids is 3. The number of allylic oxidation sites excluding steroid dienone is 2. The molecule has 5 aromatic carbocycles. The van der Waals surface area contributed by atoms with Crippen LogP contribution >= 0.6 is 0 Å². The van der Waals surface area contributed by atoms with Crippen molar-refractivity contribution in [2.75, 3.05) is 4.90 Å². The Balaban J connectivity index is 1.55. The van der Waals surface area contributed by atoms with Gasteiger partial charge in [-0.2, -0.15) is 0 Å². The van der Waals surface area contributed by atoms with E-state index in [-0.39, 0.29) is 11.5 Å². The maximum atomic E-state index is 16.0. The minimum Gasteiger partial charge on any atom is -0.297 e. The van der Waals surface area contributed by atoms with Gasteiger partial charge in [-0.3, -0.25) is 24.5 Å². The van der Waals surface area contributed by atoms with Gasteiger partial charge in [-0.25, -0.2) is 9.29 Å². The molecule has 240 valence electrons. The van der Waals surface area contributed by atoms with Crippen molar-refractivity contribution >= 4 is 40.1 Å². The van der Waals surface area contributed by atoms with Crippen LogP contribution in [0.2, 0.25) is 0 Å². The van der Waals surface area contributed by atoms with Gasteiger partial charge in [0.2, 0.25) is 11.8 Å². The lowest BCUT2D eigenvalue weighted by Crippen LogP contribution is -2.45. The molecule has 0 spiro atoms. The molecule has 1 saturated carbocycles. The number of fused-ring (bicyclic) bond motifs is 5. The number of aryl methyl sites for hydroxylation is 2. The quantitative estimate of drug-likeness (QED) is 0.108. The maximum Gasteiger partial charge on any atom is 0.296 e. The molecule has 1 heterocycles. The number of anilines is 1. The minimum atomic E-state index is -1.66. The smallest absolute Gasteiger partial charge is 0.296 e. The molecule has 0 aromatic heterocycles. The molecule has 2 fully saturated rings.